The molecule has 1 fully saturated rings. The van der Waals surface area contributed by atoms with E-state index in [9.17, 15) is 14.7 Å². The Labute approximate surface area is 138 Å². The number of hydrogen-bond donors (Lipinski definition) is 3. The number of rotatable bonds is 2. The molecule has 2 aromatic rings. The van der Waals surface area contributed by atoms with E-state index in [2.05, 4.69) is 15.3 Å². The first-order valence-electron chi connectivity index (χ1n) is 7.80. The van der Waals surface area contributed by atoms with Crippen LogP contribution in [0, 0.1) is 5.92 Å². The summed E-state index contributed by atoms with van der Waals surface area (Å²) < 4.78 is 5.03. The van der Waals surface area contributed by atoms with Crippen LogP contribution in [-0.4, -0.2) is 52.3 Å². The maximum absolute atomic E-state index is 12.5. The van der Waals surface area contributed by atoms with Gasteiger partial charge in [-0.25, -0.2) is 9.78 Å². The number of urea groups is 1. The normalized spacial score (nSPS) is 20.9. The van der Waals surface area contributed by atoms with Gasteiger partial charge >= 0.3 is 6.03 Å². The number of aromatic amines is 1. The summed E-state index contributed by atoms with van der Waals surface area (Å²) in [5, 5.41) is 12.4. The molecular weight excluding hydrogens is 312 g/mol. The Balaban J connectivity index is 1.83. The highest BCUT2D eigenvalue weighted by Crippen LogP contribution is 2.18. The zero-order chi connectivity index (χ0) is 17.3. The summed E-state index contributed by atoms with van der Waals surface area (Å²) in [7, 11) is 1.47. The van der Waals surface area contributed by atoms with Gasteiger partial charge in [-0.1, -0.05) is 6.92 Å². The van der Waals surface area contributed by atoms with Crippen molar-refractivity contribution >= 4 is 22.8 Å². The average Bonchev–Trinajstić information content (AvgIpc) is 2.59. The van der Waals surface area contributed by atoms with Crippen molar-refractivity contribution in [2.45, 2.75) is 19.4 Å². The van der Waals surface area contributed by atoms with Crippen LogP contribution in [0.1, 0.15) is 13.3 Å². The van der Waals surface area contributed by atoms with Crippen LogP contribution in [0.4, 0.5) is 10.5 Å². The minimum Gasteiger partial charge on any atom is -0.481 e. The molecule has 3 rings (SSSR count). The molecule has 0 spiro atoms. The summed E-state index contributed by atoms with van der Waals surface area (Å²) in [6, 6.07) is 2.99. The molecule has 1 saturated heterocycles. The van der Waals surface area contributed by atoms with E-state index in [-0.39, 0.29) is 28.6 Å². The predicted molar refractivity (Wildman–Crippen MR) is 89.3 cm³/mol. The Morgan fingerprint density at radius 2 is 2.29 bits per heavy atom. The minimum atomic E-state index is -0.394. The molecule has 0 aromatic carbocycles. The SMILES string of the molecule is COc1ccc2[nH]cc(NC(=O)N3CC[C@@H](O)[C@H](C)C3)c(=O)c2n1. The van der Waals surface area contributed by atoms with E-state index in [0.29, 0.717) is 30.9 Å². The molecule has 0 bridgehead atoms. The summed E-state index contributed by atoms with van der Waals surface area (Å²) >= 11 is 0. The largest absolute Gasteiger partial charge is 0.481 e. The number of ether oxygens (including phenoxy) is 1. The van der Waals surface area contributed by atoms with Crippen molar-refractivity contribution in [1.29, 1.82) is 0 Å². The fraction of sp³-hybridized carbons (Fsp3) is 0.438. The zero-order valence-corrected chi connectivity index (χ0v) is 13.6. The molecule has 0 saturated carbocycles. The van der Waals surface area contributed by atoms with Crippen molar-refractivity contribution in [3.05, 3.63) is 28.6 Å². The van der Waals surface area contributed by atoms with E-state index in [1.165, 1.54) is 13.3 Å². The number of aliphatic hydroxyl groups excluding tert-OH is 1. The molecule has 3 heterocycles. The minimum absolute atomic E-state index is 0.00492. The standard InChI is InChI=1S/C16H20N4O4/c1-9-8-20(6-5-12(9)21)16(23)18-11-7-17-10-3-4-13(24-2)19-14(10)15(11)22/h3-4,7,9,12,21H,5-6,8H2,1-2H3,(H,17,22)(H,18,23)/t9-,12-/m1/s1. The van der Waals surface area contributed by atoms with Crippen LogP contribution < -0.4 is 15.5 Å². The lowest BCUT2D eigenvalue weighted by Gasteiger charge is -2.34. The first-order chi connectivity index (χ1) is 11.5. The van der Waals surface area contributed by atoms with Crippen LogP contribution in [0.2, 0.25) is 0 Å². The van der Waals surface area contributed by atoms with Crippen molar-refractivity contribution in [2.24, 2.45) is 5.92 Å². The van der Waals surface area contributed by atoms with Crippen LogP contribution in [0.5, 0.6) is 5.88 Å². The van der Waals surface area contributed by atoms with Crippen LogP contribution >= 0.6 is 0 Å². The van der Waals surface area contributed by atoms with Crippen LogP contribution in [-0.2, 0) is 0 Å². The number of methoxy groups -OCH3 is 1. The lowest BCUT2D eigenvalue weighted by molar-refractivity contribution is 0.0506. The summed E-state index contributed by atoms with van der Waals surface area (Å²) in [5.41, 5.74) is 0.524. The summed E-state index contributed by atoms with van der Waals surface area (Å²) in [6.07, 6.45) is 1.59. The van der Waals surface area contributed by atoms with Crippen molar-refractivity contribution in [3.63, 3.8) is 0 Å². The highest BCUT2D eigenvalue weighted by atomic mass is 16.5. The molecule has 0 radical (unpaired) electrons. The monoisotopic (exact) mass is 332 g/mol. The highest BCUT2D eigenvalue weighted by molar-refractivity contribution is 5.91. The van der Waals surface area contributed by atoms with Gasteiger partial charge in [0.15, 0.2) is 0 Å². The van der Waals surface area contributed by atoms with Crippen LogP contribution in [0.15, 0.2) is 23.1 Å². The van der Waals surface area contributed by atoms with E-state index < -0.39 is 6.10 Å². The highest BCUT2D eigenvalue weighted by Gasteiger charge is 2.27. The third-order valence-corrected chi connectivity index (χ3v) is 4.30. The second-order valence-corrected chi connectivity index (χ2v) is 5.99. The molecule has 3 N–H and O–H groups in total. The van der Waals surface area contributed by atoms with Gasteiger partial charge in [-0.2, -0.15) is 0 Å². The smallest absolute Gasteiger partial charge is 0.322 e. The number of aromatic nitrogens is 2. The fourth-order valence-electron chi connectivity index (χ4n) is 2.79. The number of carbonyl (C=O) groups excluding carboxylic acids is 1. The van der Waals surface area contributed by atoms with Gasteiger partial charge < -0.3 is 25.0 Å². The number of fused-ring (bicyclic) bond motifs is 1. The second kappa shape index (κ2) is 6.48. The van der Waals surface area contributed by atoms with Crippen LogP contribution in [0.3, 0.4) is 0 Å². The zero-order valence-electron chi connectivity index (χ0n) is 13.6. The van der Waals surface area contributed by atoms with Crippen molar-refractivity contribution in [1.82, 2.24) is 14.9 Å². The topological polar surface area (TPSA) is 108 Å². The first-order valence-corrected chi connectivity index (χ1v) is 7.80. The number of anilines is 1. The Bertz CT molecular complexity index is 819. The van der Waals surface area contributed by atoms with E-state index in [4.69, 9.17) is 4.74 Å². The molecular formula is C16H20N4O4. The Morgan fingerprint density at radius 1 is 1.50 bits per heavy atom. The number of aliphatic hydroxyl groups is 1. The lowest BCUT2D eigenvalue weighted by atomic mass is 9.97. The lowest BCUT2D eigenvalue weighted by Crippen LogP contribution is -2.47. The first kappa shape index (κ1) is 16.3. The maximum Gasteiger partial charge on any atom is 0.322 e. The number of nitrogens with zero attached hydrogens (tertiary/aromatic N) is 2. The van der Waals surface area contributed by atoms with Gasteiger partial charge in [-0.3, -0.25) is 4.79 Å². The molecule has 8 nitrogen and oxygen atoms in total. The number of amides is 2. The van der Waals surface area contributed by atoms with E-state index in [0.717, 1.165) is 0 Å². The second-order valence-electron chi connectivity index (χ2n) is 5.99. The van der Waals surface area contributed by atoms with Crippen molar-refractivity contribution in [2.75, 3.05) is 25.5 Å². The van der Waals surface area contributed by atoms with Crippen molar-refractivity contribution < 1.29 is 14.6 Å². The van der Waals surface area contributed by atoms with Gasteiger partial charge in [0.05, 0.1) is 18.7 Å². The number of H-pyrrole nitrogens is 1. The van der Waals surface area contributed by atoms with Crippen LogP contribution in [0.25, 0.3) is 11.0 Å². The average molecular weight is 332 g/mol. The molecule has 8 heteroatoms. The van der Waals surface area contributed by atoms with E-state index in [1.54, 1.807) is 17.0 Å². The Hall–Kier alpha value is -2.61. The summed E-state index contributed by atoms with van der Waals surface area (Å²) in [4.78, 5) is 33.6. The summed E-state index contributed by atoms with van der Waals surface area (Å²) in [5.74, 6) is 0.334. The molecule has 1 aliphatic heterocycles. The molecule has 2 amide bonds. The molecule has 0 aliphatic carbocycles. The van der Waals surface area contributed by atoms with Crippen molar-refractivity contribution in [3.8, 4) is 5.88 Å². The van der Waals surface area contributed by atoms with Gasteiger partial charge in [0.2, 0.25) is 11.3 Å². The summed E-state index contributed by atoms with van der Waals surface area (Å²) in [6.45, 7) is 2.79. The predicted octanol–water partition coefficient (Wildman–Crippen LogP) is 1.17. The number of carbonyl (C=O) groups is 1. The number of likely N-dealkylation sites (tertiary alicyclic amines) is 1. The molecule has 2 aromatic heterocycles. The van der Waals surface area contributed by atoms with Gasteiger partial charge in [-0.05, 0) is 18.4 Å². The van der Waals surface area contributed by atoms with E-state index >= 15 is 0 Å². The fourth-order valence-corrected chi connectivity index (χ4v) is 2.79. The molecule has 128 valence electrons. The third kappa shape index (κ3) is 3.05. The number of piperidine rings is 1. The maximum atomic E-state index is 12.5. The number of nitrogens with one attached hydrogen (secondary N) is 2. The number of pyridine rings is 2. The van der Waals surface area contributed by atoms with Gasteiger partial charge in [0.25, 0.3) is 0 Å². The third-order valence-electron chi connectivity index (χ3n) is 4.30. The molecule has 2 atom stereocenters. The van der Waals surface area contributed by atoms with E-state index in [1.807, 2.05) is 6.92 Å². The molecule has 24 heavy (non-hydrogen) atoms. The number of hydrogen-bond acceptors (Lipinski definition) is 5. The molecule has 1 aliphatic rings. The Kier molecular flexibility index (Phi) is 4.39. The van der Waals surface area contributed by atoms with Gasteiger partial charge in [0.1, 0.15) is 11.2 Å². The van der Waals surface area contributed by atoms with Gasteiger partial charge in [-0.15, -0.1) is 0 Å². The van der Waals surface area contributed by atoms with Gasteiger partial charge in [0, 0.05) is 25.4 Å². The quantitative estimate of drug-likeness (QED) is 0.765. The molecule has 0 unspecified atom stereocenters. The Morgan fingerprint density at radius 3 is 3.00 bits per heavy atom.